The molecular weight excluding hydrogens is 263 g/mol. The van der Waals surface area contributed by atoms with E-state index in [0.29, 0.717) is 21.5 Å². The fourth-order valence-corrected chi connectivity index (χ4v) is 1.63. The normalized spacial score (nSPS) is 10.3. The minimum atomic E-state index is -0.196. The van der Waals surface area contributed by atoms with Gasteiger partial charge >= 0.3 is 0 Å². The van der Waals surface area contributed by atoms with Crippen LogP contribution in [0, 0.1) is 0 Å². The number of nitrogens with zero attached hydrogens (tertiary/aromatic N) is 2. The molecule has 0 saturated carbocycles. The highest BCUT2D eigenvalue weighted by atomic mass is 35.5. The van der Waals surface area contributed by atoms with Gasteiger partial charge in [0, 0.05) is 5.02 Å². The number of hydrogen-bond acceptors (Lipinski definition) is 4. The smallest absolute Gasteiger partial charge is 0.238 e. The second-order valence-corrected chi connectivity index (χ2v) is 4.03. The van der Waals surface area contributed by atoms with E-state index >= 15 is 0 Å². The maximum absolute atomic E-state index is 8.92. The van der Waals surface area contributed by atoms with Gasteiger partial charge in [0.25, 0.3) is 0 Å². The Balaban J connectivity index is 2.25. The molecule has 1 aromatic heterocycles. The van der Waals surface area contributed by atoms with E-state index in [-0.39, 0.29) is 12.5 Å². The Morgan fingerprint density at radius 1 is 1.24 bits per heavy atom. The largest absolute Gasteiger partial charge is 0.436 e. The van der Waals surface area contributed by atoms with Gasteiger partial charge in [-0.05, 0) is 18.2 Å². The van der Waals surface area contributed by atoms with Crippen molar-refractivity contribution < 1.29 is 9.84 Å². The molecule has 2 rings (SSSR count). The highest BCUT2D eigenvalue weighted by molar-refractivity contribution is 6.35. The van der Waals surface area contributed by atoms with Crippen LogP contribution in [0.15, 0.2) is 30.6 Å². The molecule has 0 fully saturated rings. The molecule has 6 heteroatoms. The molecule has 0 radical (unpaired) electrons. The van der Waals surface area contributed by atoms with Crippen LogP contribution in [0.3, 0.4) is 0 Å². The Morgan fingerprint density at radius 2 is 2.06 bits per heavy atom. The maximum atomic E-state index is 8.92. The van der Waals surface area contributed by atoms with E-state index < -0.39 is 0 Å². The molecule has 0 amide bonds. The van der Waals surface area contributed by atoms with E-state index in [4.69, 9.17) is 33.0 Å². The summed E-state index contributed by atoms with van der Waals surface area (Å²) < 4.78 is 5.43. The molecule has 0 aliphatic heterocycles. The lowest BCUT2D eigenvalue weighted by Crippen LogP contribution is -1.95. The van der Waals surface area contributed by atoms with Crippen LogP contribution < -0.4 is 4.74 Å². The first-order valence-electron chi connectivity index (χ1n) is 4.73. The van der Waals surface area contributed by atoms with Crippen LogP contribution in [0.1, 0.15) is 5.69 Å². The summed E-state index contributed by atoms with van der Waals surface area (Å²) in [5.41, 5.74) is 0.424. The van der Waals surface area contributed by atoms with E-state index in [1.54, 1.807) is 18.2 Å². The lowest BCUT2D eigenvalue weighted by Gasteiger charge is -2.07. The van der Waals surface area contributed by atoms with Crippen LogP contribution in [0.5, 0.6) is 11.6 Å². The van der Waals surface area contributed by atoms with Crippen LogP contribution >= 0.6 is 23.2 Å². The predicted molar refractivity (Wildman–Crippen MR) is 64.5 cm³/mol. The number of rotatable bonds is 3. The lowest BCUT2D eigenvalue weighted by molar-refractivity contribution is 0.274. The quantitative estimate of drug-likeness (QED) is 0.932. The third kappa shape index (κ3) is 3.06. The summed E-state index contributed by atoms with van der Waals surface area (Å²) in [5, 5.41) is 9.83. The summed E-state index contributed by atoms with van der Waals surface area (Å²) in [6.07, 6.45) is 2.89. The second-order valence-electron chi connectivity index (χ2n) is 3.18. The molecule has 17 heavy (non-hydrogen) atoms. The molecule has 0 atom stereocenters. The molecule has 1 heterocycles. The van der Waals surface area contributed by atoms with Crippen molar-refractivity contribution in [2.45, 2.75) is 6.61 Å². The minimum Gasteiger partial charge on any atom is -0.436 e. The Labute approximate surface area is 108 Å². The molecule has 1 N–H and O–H groups in total. The molecule has 0 bridgehead atoms. The Kier molecular flexibility index (Phi) is 3.78. The van der Waals surface area contributed by atoms with Gasteiger partial charge in [0.1, 0.15) is 5.75 Å². The summed E-state index contributed by atoms with van der Waals surface area (Å²) >= 11 is 11.7. The molecule has 2 aromatic rings. The van der Waals surface area contributed by atoms with Crippen molar-refractivity contribution in [1.29, 1.82) is 0 Å². The first-order valence-corrected chi connectivity index (χ1v) is 5.49. The van der Waals surface area contributed by atoms with Crippen molar-refractivity contribution in [1.82, 2.24) is 9.97 Å². The van der Waals surface area contributed by atoms with Crippen molar-refractivity contribution in [2.24, 2.45) is 0 Å². The van der Waals surface area contributed by atoms with Crippen molar-refractivity contribution in [3.8, 4) is 11.6 Å². The van der Waals surface area contributed by atoms with E-state index in [1.807, 2.05) is 0 Å². The van der Waals surface area contributed by atoms with Crippen molar-refractivity contribution >= 4 is 23.2 Å². The topological polar surface area (TPSA) is 55.2 Å². The van der Waals surface area contributed by atoms with Gasteiger partial charge in [-0.3, -0.25) is 4.98 Å². The number of benzene rings is 1. The summed E-state index contributed by atoms with van der Waals surface area (Å²) in [6, 6.07) is 4.87. The molecule has 0 unspecified atom stereocenters. The van der Waals surface area contributed by atoms with Gasteiger partial charge in [0.2, 0.25) is 5.88 Å². The van der Waals surface area contributed by atoms with Gasteiger partial charge in [0.05, 0.1) is 29.7 Å². The number of aromatic nitrogens is 2. The van der Waals surface area contributed by atoms with E-state index in [0.717, 1.165) is 0 Å². The van der Waals surface area contributed by atoms with E-state index in [9.17, 15) is 0 Å². The number of hydrogen-bond donors (Lipinski definition) is 1. The zero-order valence-electron chi connectivity index (χ0n) is 8.60. The van der Waals surface area contributed by atoms with Crippen LogP contribution in [-0.4, -0.2) is 15.1 Å². The molecule has 0 aliphatic carbocycles. The molecule has 88 valence electrons. The third-order valence-electron chi connectivity index (χ3n) is 1.93. The van der Waals surface area contributed by atoms with Gasteiger partial charge in [-0.1, -0.05) is 23.2 Å². The molecule has 0 saturated heterocycles. The fourth-order valence-electron chi connectivity index (χ4n) is 1.18. The summed E-state index contributed by atoms with van der Waals surface area (Å²) in [4.78, 5) is 7.91. The number of aliphatic hydroxyl groups excluding tert-OH is 1. The molecular formula is C11H8Cl2N2O2. The van der Waals surface area contributed by atoms with Crippen LogP contribution in [0.2, 0.25) is 10.0 Å². The zero-order chi connectivity index (χ0) is 12.3. The average molecular weight is 271 g/mol. The van der Waals surface area contributed by atoms with Gasteiger partial charge < -0.3 is 9.84 Å². The molecule has 4 nitrogen and oxygen atoms in total. The highest BCUT2D eigenvalue weighted by Crippen LogP contribution is 2.30. The van der Waals surface area contributed by atoms with Gasteiger partial charge in [-0.2, -0.15) is 0 Å². The van der Waals surface area contributed by atoms with Crippen molar-refractivity contribution in [3.63, 3.8) is 0 Å². The Hall–Kier alpha value is -1.36. The van der Waals surface area contributed by atoms with E-state index in [2.05, 4.69) is 9.97 Å². The standard InChI is InChI=1S/C11H8Cl2N2O2/c12-7-1-2-10(9(13)3-7)17-11-5-14-4-8(6-16)15-11/h1-5,16H,6H2. The lowest BCUT2D eigenvalue weighted by atomic mass is 10.3. The SMILES string of the molecule is OCc1cncc(Oc2ccc(Cl)cc2Cl)n1. The summed E-state index contributed by atoms with van der Waals surface area (Å²) in [5.74, 6) is 0.696. The summed E-state index contributed by atoms with van der Waals surface area (Å²) in [6.45, 7) is -0.196. The van der Waals surface area contributed by atoms with E-state index in [1.165, 1.54) is 12.4 Å². The number of ether oxygens (including phenoxy) is 1. The molecule has 0 spiro atoms. The first-order chi connectivity index (χ1) is 8.19. The Bertz CT molecular complexity index is 535. The Morgan fingerprint density at radius 3 is 2.76 bits per heavy atom. The zero-order valence-corrected chi connectivity index (χ0v) is 10.1. The monoisotopic (exact) mass is 270 g/mol. The van der Waals surface area contributed by atoms with Crippen LogP contribution in [-0.2, 0) is 6.61 Å². The predicted octanol–water partition coefficient (Wildman–Crippen LogP) is 3.07. The fraction of sp³-hybridized carbons (Fsp3) is 0.0909. The molecule has 1 aromatic carbocycles. The molecule has 0 aliphatic rings. The van der Waals surface area contributed by atoms with Gasteiger partial charge in [0.15, 0.2) is 0 Å². The number of halogens is 2. The van der Waals surface area contributed by atoms with Crippen molar-refractivity contribution in [3.05, 3.63) is 46.3 Å². The maximum Gasteiger partial charge on any atom is 0.238 e. The first kappa shape index (κ1) is 12.1. The number of aliphatic hydroxyl groups is 1. The minimum absolute atomic E-state index is 0.196. The highest BCUT2D eigenvalue weighted by Gasteiger charge is 2.05. The summed E-state index contributed by atoms with van der Waals surface area (Å²) in [7, 11) is 0. The van der Waals surface area contributed by atoms with Gasteiger partial charge in [-0.15, -0.1) is 0 Å². The average Bonchev–Trinajstić information content (AvgIpc) is 2.33. The van der Waals surface area contributed by atoms with Crippen molar-refractivity contribution in [2.75, 3.05) is 0 Å². The second kappa shape index (κ2) is 5.31. The van der Waals surface area contributed by atoms with Crippen LogP contribution in [0.4, 0.5) is 0 Å². The third-order valence-corrected chi connectivity index (χ3v) is 2.46. The van der Waals surface area contributed by atoms with Gasteiger partial charge in [-0.25, -0.2) is 4.98 Å². The van der Waals surface area contributed by atoms with Crippen LogP contribution in [0.25, 0.3) is 0 Å².